The summed E-state index contributed by atoms with van der Waals surface area (Å²) in [6.45, 7) is 0.643. The molecule has 0 radical (unpaired) electrons. The maximum Gasteiger partial charge on any atom is 0.252 e. The molecule has 2 rings (SSSR count). The smallest absolute Gasteiger partial charge is 0.252 e. The summed E-state index contributed by atoms with van der Waals surface area (Å²) >= 11 is 0. The molecule has 1 aromatic heterocycles. The van der Waals surface area contributed by atoms with E-state index in [-0.39, 0.29) is 12.5 Å². The van der Waals surface area contributed by atoms with Gasteiger partial charge in [0.1, 0.15) is 5.82 Å². The van der Waals surface area contributed by atoms with Gasteiger partial charge in [-0.15, -0.1) is 0 Å². The Morgan fingerprint density at radius 3 is 2.95 bits per heavy atom. The van der Waals surface area contributed by atoms with Crippen molar-refractivity contribution in [2.24, 2.45) is 12.8 Å². The Bertz CT molecular complexity index is 664. The predicted octanol–water partition coefficient (Wildman–Crippen LogP) is 0.660. The number of carbonyl (C=O) groups excluding carboxylic acids is 1. The monoisotopic (exact) mass is 268 g/mol. The fraction of sp³-hybridized carbons (Fsp3) is 0.200. The van der Waals surface area contributed by atoms with Crippen LogP contribution >= 0.6 is 0 Å². The van der Waals surface area contributed by atoms with Crippen LogP contribution in [0.3, 0.4) is 0 Å². The molecule has 1 amide bonds. The van der Waals surface area contributed by atoms with Gasteiger partial charge in [-0.3, -0.25) is 4.79 Å². The van der Waals surface area contributed by atoms with Gasteiger partial charge in [0.25, 0.3) is 5.91 Å². The van der Waals surface area contributed by atoms with Crippen LogP contribution in [0.15, 0.2) is 36.7 Å². The molecular formula is C15H16N4O. The second-order valence-corrected chi connectivity index (χ2v) is 4.19. The first-order valence-electron chi connectivity index (χ1n) is 6.24. The van der Waals surface area contributed by atoms with Crippen LogP contribution in [0.5, 0.6) is 0 Å². The lowest BCUT2D eigenvalue weighted by atomic mass is 10.1. The maximum atomic E-state index is 12.2. The quantitative estimate of drug-likeness (QED) is 0.803. The summed E-state index contributed by atoms with van der Waals surface area (Å²) in [5.41, 5.74) is 6.58. The summed E-state index contributed by atoms with van der Waals surface area (Å²) in [5, 5.41) is 2.84. The molecule has 0 atom stereocenters. The minimum absolute atomic E-state index is 0.171. The van der Waals surface area contributed by atoms with Gasteiger partial charge in [0.05, 0.1) is 18.7 Å². The van der Waals surface area contributed by atoms with Crippen LogP contribution in [0.25, 0.3) is 0 Å². The Kier molecular flexibility index (Phi) is 4.53. The summed E-state index contributed by atoms with van der Waals surface area (Å²) < 4.78 is 1.86. The molecule has 0 saturated carbocycles. The highest BCUT2D eigenvalue weighted by atomic mass is 16.1. The Morgan fingerprint density at radius 1 is 1.45 bits per heavy atom. The van der Waals surface area contributed by atoms with E-state index in [0.717, 1.165) is 5.82 Å². The Balaban J connectivity index is 2.11. The topological polar surface area (TPSA) is 72.9 Å². The average Bonchev–Trinajstić information content (AvgIpc) is 2.88. The van der Waals surface area contributed by atoms with Gasteiger partial charge in [0.2, 0.25) is 0 Å². The molecule has 3 N–H and O–H groups in total. The number of hydrogen-bond donors (Lipinski definition) is 2. The number of imidazole rings is 1. The van der Waals surface area contributed by atoms with Crippen LogP contribution in [-0.2, 0) is 13.6 Å². The van der Waals surface area contributed by atoms with Crippen molar-refractivity contribution in [1.29, 1.82) is 0 Å². The minimum atomic E-state index is -0.171. The van der Waals surface area contributed by atoms with Crippen LogP contribution in [0.2, 0.25) is 0 Å². The van der Waals surface area contributed by atoms with Gasteiger partial charge in [-0.25, -0.2) is 4.98 Å². The third-order valence-electron chi connectivity index (χ3n) is 2.82. The van der Waals surface area contributed by atoms with Crippen LogP contribution in [0, 0.1) is 11.8 Å². The largest absolute Gasteiger partial charge is 0.345 e. The van der Waals surface area contributed by atoms with Crippen molar-refractivity contribution in [1.82, 2.24) is 14.9 Å². The highest BCUT2D eigenvalue weighted by Crippen LogP contribution is 2.07. The van der Waals surface area contributed by atoms with Crippen molar-refractivity contribution >= 4 is 5.91 Å². The zero-order valence-corrected chi connectivity index (χ0v) is 11.3. The van der Waals surface area contributed by atoms with E-state index < -0.39 is 0 Å². The number of aryl methyl sites for hydroxylation is 1. The van der Waals surface area contributed by atoms with Gasteiger partial charge in [0.15, 0.2) is 0 Å². The molecule has 102 valence electrons. The second kappa shape index (κ2) is 6.55. The minimum Gasteiger partial charge on any atom is -0.345 e. The molecule has 0 spiro atoms. The van der Waals surface area contributed by atoms with E-state index in [1.165, 1.54) is 0 Å². The van der Waals surface area contributed by atoms with Crippen molar-refractivity contribution < 1.29 is 4.79 Å². The molecule has 1 aromatic carbocycles. The zero-order chi connectivity index (χ0) is 14.4. The highest BCUT2D eigenvalue weighted by Gasteiger charge is 2.10. The maximum absolute atomic E-state index is 12.2. The summed E-state index contributed by atoms with van der Waals surface area (Å²) in [6, 6.07) is 7.20. The Hall–Kier alpha value is -2.58. The zero-order valence-electron chi connectivity index (χ0n) is 11.3. The SMILES string of the molecule is Cn1ccnc1CNC(=O)c1ccccc1C#CCN. The molecular weight excluding hydrogens is 252 g/mol. The van der Waals surface area contributed by atoms with Gasteiger partial charge in [-0.2, -0.15) is 0 Å². The van der Waals surface area contributed by atoms with E-state index in [9.17, 15) is 4.79 Å². The van der Waals surface area contributed by atoms with Crippen molar-refractivity contribution in [2.75, 3.05) is 6.54 Å². The number of aromatic nitrogens is 2. The first-order valence-corrected chi connectivity index (χ1v) is 6.24. The summed E-state index contributed by atoms with van der Waals surface area (Å²) in [5.74, 6) is 6.29. The fourth-order valence-corrected chi connectivity index (χ4v) is 1.76. The molecule has 20 heavy (non-hydrogen) atoms. The number of amides is 1. The van der Waals surface area contributed by atoms with Crippen molar-refractivity contribution in [3.63, 3.8) is 0 Å². The average molecular weight is 268 g/mol. The predicted molar refractivity (Wildman–Crippen MR) is 76.8 cm³/mol. The summed E-state index contributed by atoms with van der Waals surface area (Å²) in [6.07, 6.45) is 3.53. The standard InChI is InChI=1S/C15H16N4O/c1-19-10-9-17-14(19)11-18-15(20)13-7-3-2-5-12(13)6-4-8-16/h2-3,5,7,9-10H,8,11,16H2,1H3,(H,18,20). The molecule has 0 fully saturated rings. The first kappa shape index (κ1) is 13.8. The summed E-state index contributed by atoms with van der Waals surface area (Å²) in [7, 11) is 1.88. The molecule has 5 heteroatoms. The van der Waals surface area contributed by atoms with E-state index in [1.807, 2.05) is 29.9 Å². The normalized spacial score (nSPS) is 9.70. The van der Waals surface area contributed by atoms with Crippen molar-refractivity contribution in [3.8, 4) is 11.8 Å². The van der Waals surface area contributed by atoms with E-state index in [0.29, 0.717) is 17.7 Å². The van der Waals surface area contributed by atoms with E-state index in [4.69, 9.17) is 5.73 Å². The number of benzene rings is 1. The third kappa shape index (κ3) is 3.25. The molecule has 0 unspecified atom stereocenters. The molecule has 2 aromatic rings. The van der Waals surface area contributed by atoms with Gasteiger partial charge < -0.3 is 15.6 Å². The van der Waals surface area contributed by atoms with Gasteiger partial charge in [-0.05, 0) is 12.1 Å². The number of nitrogens with two attached hydrogens (primary N) is 1. The number of rotatable bonds is 3. The molecule has 1 heterocycles. The van der Waals surface area contributed by atoms with Crippen LogP contribution in [0.1, 0.15) is 21.7 Å². The lowest BCUT2D eigenvalue weighted by Crippen LogP contribution is -2.25. The second-order valence-electron chi connectivity index (χ2n) is 4.19. The van der Waals surface area contributed by atoms with Crippen molar-refractivity contribution in [3.05, 3.63) is 53.6 Å². The van der Waals surface area contributed by atoms with Gasteiger partial charge >= 0.3 is 0 Å². The van der Waals surface area contributed by atoms with Crippen molar-refractivity contribution in [2.45, 2.75) is 6.54 Å². The van der Waals surface area contributed by atoms with E-state index in [1.54, 1.807) is 18.3 Å². The van der Waals surface area contributed by atoms with E-state index in [2.05, 4.69) is 22.1 Å². The van der Waals surface area contributed by atoms with E-state index >= 15 is 0 Å². The summed E-state index contributed by atoms with van der Waals surface area (Å²) in [4.78, 5) is 16.3. The number of nitrogens with zero attached hydrogens (tertiary/aromatic N) is 2. The number of hydrogen-bond acceptors (Lipinski definition) is 3. The molecule has 0 bridgehead atoms. The highest BCUT2D eigenvalue weighted by molar-refractivity contribution is 5.96. The fourth-order valence-electron chi connectivity index (χ4n) is 1.76. The Morgan fingerprint density at radius 2 is 2.25 bits per heavy atom. The molecule has 0 aliphatic carbocycles. The number of nitrogens with one attached hydrogen (secondary N) is 1. The van der Waals surface area contributed by atoms with Crippen LogP contribution < -0.4 is 11.1 Å². The number of carbonyl (C=O) groups is 1. The molecule has 0 aliphatic heterocycles. The van der Waals surface area contributed by atoms with Crippen LogP contribution in [0.4, 0.5) is 0 Å². The molecule has 0 aliphatic rings. The van der Waals surface area contributed by atoms with Crippen LogP contribution in [-0.4, -0.2) is 22.0 Å². The first-order chi connectivity index (χ1) is 9.72. The lowest BCUT2D eigenvalue weighted by molar-refractivity contribution is 0.0949. The molecule has 0 saturated heterocycles. The Labute approximate surface area is 117 Å². The molecule has 5 nitrogen and oxygen atoms in total. The third-order valence-corrected chi connectivity index (χ3v) is 2.82. The van der Waals surface area contributed by atoms with Gasteiger partial charge in [0, 0.05) is 25.0 Å². The van der Waals surface area contributed by atoms with Gasteiger partial charge in [-0.1, -0.05) is 24.0 Å². The lowest BCUT2D eigenvalue weighted by Gasteiger charge is -2.07.